The molecule has 0 heterocycles. The first-order valence-electron chi connectivity index (χ1n) is 5.61. The molecule has 8 heteroatoms. The number of aromatic carboxylic acids is 1. The highest BCUT2D eigenvalue weighted by Crippen LogP contribution is 2.23. The van der Waals surface area contributed by atoms with Crippen molar-refractivity contribution < 1.29 is 22.7 Å². The van der Waals surface area contributed by atoms with Gasteiger partial charge in [-0.3, -0.25) is 4.72 Å². The van der Waals surface area contributed by atoms with Crippen LogP contribution in [0.15, 0.2) is 47.4 Å². The van der Waals surface area contributed by atoms with Crippen LogP contribution in [-0.2, 0) is 10.0 Å². The van der Waals surface area contributed by atoms with Crippen molar-refractivity contribution in [2.24, 2.45) is 0 Å². The average molecular weight is 330 g/mol. The Kier molecular flexibility index (Phi) is 4.15. The summed E-state index contributed by atoms with van der Waals surface area (Å²) in [5, 5.41) is 9.19. The molecule has 0 aromatic heterocycles. The average Bonchev–Trinajstić information content (AvgIpc) is 2.38. The summed E-state index contributed by atoms with van der Waals surface area (Å²) in [6.07, 6.45) is 0. The van der Waals surface area contributed by atoms with Gasteiger partial charge in [0.05, 0.1) is 16.1 Å². The summed E-state index contributed by atoms with van der Waals surface area (Å²) in [5.41, 5.74) is -0.718. The number of rotatable bonds is 4. The van der Waals surface area contributed by atoms with E-state index in [1.54, 1.807) is 0 Å². The number of halogens is 2. The molecule has 0 amide bonds. The Balaban J connectivity index is 2.46. The Labute approximate surface area is 125 Å². The number of benzene rings is 2. The maximum atomic E-state index is 13.2. The van der Waals surface area contributed by atoms with E-state index < -0.39 is 21.8 Å². The molecule has 0 bridgehead atoms. The van der Waals surface area contributed by atoms with Gasteiger partial charge in [-0.1, -0.05) is 17.7 Å². The molecule has 2 N–H and O–H groups in total. The van der Waals surface area contributed by atoms with Gasteiger partial charge in [0.2, 0.25) is 0 Å². The van der Waals surface area contributed by atoms with Gasteiger partial charge >= 0.3 is 5.97 Å². The molecule has 0 unspecified atom stereocenters. The molecule has 0 aliphatic rings. The van der Waals surface area contributed by atoms with Crippen LogP contribution in [0, 0.1) is 5.82 Å². The number of hydrogen-bond donors (Lipinski definition) is 2. The van der Waals surface area contributed by atoms with Crippen LogP contribution >= 0.6 is 11.6 Å². The van der Waals surface area contributed by atoms with E-state index in [-0.39, 0.29) is 21.2 Å². The zero-order chi connectivity index (χ0) is 15.6. The summed E-state index contributed by atoms with van der Waals surface area (Å²) in [7, 11) is -4.07. The Morgan fingerprint density at radius 1 is 1.19 bits per heavy atom. The van der Waals surface area contributed by atoms with Gasteiger partial charge in [-0.25, -0.2) is 17.6 Å². The van der Waals surface area contributed by atoms with Crippen LogP contribution in [0.5, 0.6) is 0 Å². The third-order valence-corrected chi connectivity index (χ3v) is 4.16. The minimum absolute atomic E-state index is 0.157. The monoisotopic (exact) mass is 329 g/mol. The van der Waals surface area contributed by atoms with Crippen LogP contribution in [0.3, 0.4) is 0 Å². The normalized spacial score (nSPS) is 11.1. The lowest BCUT2D eigenvalue weighted by Crippen LogP contribution is -2.15. The Bertz CT molecular complexity index is 808. The highest BCUT2D eigenvalue weighted by molar-refractivity contribution is 7.92. The van der Waals surface area contributed by atoms with Gasteiger partial charge in [-0.05, 0) is 36.4 Å². The van der Waals surface area contributed by atoms with Crippen molar-refractivity contribution in [3.05, 3.63) is 58.9 Å². The number of carboxylic acids is 1. The number of carboxylic acid groups (broad SMARTS) is 1. The summed E-state index contributed by atoms with van der Waals surface area (Å²) in [4.78, 5) is 10.9. The quantitative estimate of drug-likeness (QED) is 0.903. The molecule has 2 aromatic rings. The van der Waals surface area contributed by atoms with Crippen molar-refractivity contribution in [3.63, 3.8) is 0 Å². The van der Waals surface area contributed by atoms with Gasteiger partial charge in [0.15, 0.2) is 0 Å². The van der Waals surface area contributed by atoms with Crippen molar-refractivity contribution in [2.45, 2.75) is 4.90 Å². The Hall–Kier alpha value is -2.12. The number of sulfonamides is 1. The van der Waals surface area contributed by atoms with E-state index in [1.165, 1.54) is 24.3 Å². The van der Waals surface area contributed by atoms with Crippen molar-refractivity contribution in [1.29, 1.82) is 0 Å². The van der Waals surface area contributed by atoms with Crippen LogP contribution in [0.4, 0.5) is 10.1 Å². The van der Waals surface area contributed by atoms with Crippen LogP contribution in [0.25, 0.3) is 0 Å². The highest BCUT2D eigenvalue weighted by atomic mass is 35.5. The zero-order valence-corrected chi connectivity index (χ0v) is 12.0. The van der Waals surface area contributed by atoms with Crippen molar-refractivity contribution in [3.8, 4) is 0 Å². The number of carbonyl (C=O) groups is 1. The number of hydrogen-bond acceptors (Lipinski definition) is 3. The summed E-state index contributed by atoms with van der Waals surface area (Å²) in [6.45, 7) is 0. The summed E-state index contributed by atoms with van der Waals surface area (Å²) in [6, 6.07) is 8.11. The molecular formula is C13H9ClFNO4S. The minimum Gasteiger partial charge on any atom is -0.478 e. The van der Waals surface area contributed by atoms with E-state index in [2.05, 4.69) is 0 Å². The molecule has 21 heavy (non-hydrogen) atoms. The molecular weight excluding hydrogens is 321 g/mol. The molecule has 0 spiro atoms. The second-order valence-electron chi connectivity index (χ2n) is 4.06. The predicted molar refractivity (Wildman–Crippen MR) is 75.6 cm³/mol. The van der Waals surface area contributed by atoms with Crippen molar-refractivity contribution >= 4 is 33.3 Å². The first kappa shape index (κ1) is 15.3. The lowest BCUT2D eigenvalue weighted by molar-refractivity contribution is 0.0698. The van der Waals surface area contributed by atoms with Crippen molar-refractivity contribution in [2.75, 3.05) is 4.72 Å². The SMILES string of the molecule is O=C(O)c1ccc(F)cc1NS(=O)(=O)c1cccc(Cl)c1. The second-order valence-corrected chi connectivity index (χ2v) is 6.18. The van der Waals surface area contributed by atoms with Gasteiger partial charge in [0.1, 0.15) is 5.82 Å². The Morgan fingerprint density at radius 3 is 2.52 bits per heavy atom. The standard InChI is InChI=1S/C13H9ClFNO4S/c14-8-2-1-3-10(6-8)21(19,20)16-12-7-9(15)4-5-11(12)13(17)18/h1-7,16H,(H,17,18). The summed E-state index contributed by atoms with van der Waals surface area (Å²) < 4.78 is 39.6. The van der Waals surface area contributed by atoms with E-state index in [1.807, 2.05) is 4.72 Å². The third kappa shape index (κ3) is 3.50. The smallest absolute Gasteiger partial charge is 0.337 e. The number of nitrogens with one attached hydrogen (secondary N) is 1. The van der Waals surface area contributed by atoms with Gasteiger partial charge in [0.25, 0.3) is 10.0 Å². The molecule has 0 atom stereocenters. The lowest BCUT2D eigenvalue weighted by atomic mass is 10.2. The van der Waals surface area contributed by atoms with Gasteiger partial charge in [0, 0.05) is 5.02 Å². The van der Waals surface area contributed by atoms with Crippen molar-refractivity contribution in [1.82, 2.24) is 0 Å². The second kappa shape index (κ2) is 5.71. The van der Waals surface area contributed by atoms with Crippen LogP contribution in [0.2, 0.25) is 5.02 Å². The summed E-state index contributed by atoms with van der Waals surface area (Å²) >= 11 is 5.71. The van der Waals surface area contributed by atoms with E-state index in [0.29, 0.717) is 0 Å². The topological polar surface area (TPSA) is 83.5 Å². The third-order valence-electron chi connectivity index (χ3n) is 2.56. The zero-order valence-electron chi connectivity index (χ0n) is 10.4. The molecule has 0 radical (unpaired) electrons. The molecule has 0 saturated heterocycles. The minimum atomic E-state index is -4.07. The summed E-state index contributed by atoms with van der Waals surface area (Å²) in [5.74, 6) is -2.14. The van der Waals surface area contributed by atoms with Gasteiger partial charge in [-0.2, -0.15) is 0 Å². The predicted octanol–water partition coefficient (Wildman–Crippen LogP) is 2.98. The van der Waals surface area contributed by atoms with Gasteiger partial charge in [-0.15, -0.1) is 0 Å². The van der Waals surface area contributed by atoms with E-state index in [0.717, 1.165) is 18.2 Å². The maximum absolute atomic E-state index is 13.2. The first-order valence-corrected chi connectivity index (χ1v) is 7.47. The number of anilines is 1. The lowest BCUT2D eigenvalue weighted by Gasteiger charge is -2.11. The van der Waals surface area contributed by atoms with E-state index in [4.69, 9.17) is 16.7 Å². The highest BCUT2D eigenvalue weighted by Gasteiger charge is 2.19. The maximum Gasteiger partial charge on any atom is 0.337 e. The molecule has 0 fully saturated rings. The van der Waals surface area contributed by atoms with Gasteiger partial charge < -0.3 is 5.11 Å². The molecule has 0 aliphatic carbocycles. The van der Waals surface area contributed by atoms with Crippen LogP contribution in [-0.4, -0.2) is 19.5 Å². The first-order chi connectivity index (χ1) is 9.79. The van der Waals surface area contributed by atoms with Crippen LogP contribution in [0.1, 0.15) is 10.4 Å². The molecule has 2 rings (SSSR count). The molecule has 110 valence electrons. The fourth-order valence-electron chi connectivity index (χ4n) is 1.63. The fraction of sp³-hybridized carbons (Fsp3) is 0. The van der Waals surface area contributed by atoms with Crippen LogP contribution < -0.4 is 4.72 Å². The molecule has 0 aliphatic heterocycles. The van der Waals surface area contributed by atoms with E-state index in [9.17, 15) is 17.6 Å². The van der Waals surface area contributed by atoms with E-state index >= 15 is 0 Å². The Morgan fingerprint density at radius 2 is 1.90 bits per heavy atom. The largest absolute Gasteiger partial charge is 0.478 e. The fourth-order valence-corrected chi connectivity index (χ4v) is 3.00. The molecule has 2 aromatic carbocycles. The molecule has 0 saturated carbocycles. The molecule has 5 nitrogen and oxygen atoms in total.